The molecule has 0 aromatic heterocycles. The molecule has 0 aromatic rings. The summed E-state index contributed by atoms with van der Waals surface area (Å²) in [5, 5.41) is 0. The first-order chi connectivity index (χ1) is 7.29. The van der Waals surface area contributed by atoms with Crippen LogP contribution in [-0.4, -0.2) is 12.1 Å². The molecule has 2 saturated carbocycles. The van der Waals surface area contributed by atoms with Crippen LogP contribution in [0.4, 0.5) is 0 Å². The summed E-state index contributed by atoms with van der Waals surface area (Å²) in [6, 6.07) is 0. The van der Waals surface area contributed by atoms with E-state index in [0.717, 1.165) is 31.1 Å². The molecule has 0 aliphatic heterocycles. The minimum atomic E-state index is -0.112. The average Bonchev–Trinajstić information content (AvgIpc) is 2.65. The molecule has 1 radical (unpaired) electrons. The lowest BCUT2D eigenvalue weighted by molar-refractivity contribution is -0.147. The van der Waals surface area contributed by atoms with Gasteiger partial charge in [0.15, 0.2) is 0 Å². The van der Waals surface area contributed by atoms with Crippen LogP contribution in [0.3, 0.4) is 0 Å². The van der Waals surface area contributed by atoms with E-state index in [-0.39, 0.29) is 12.1 Å². The van der Waals surface area contributed by atoms with Crippen LogP contribution in [0, 0.1) is 18.3 Å². The molecule has 2 nitrogen and oxygen atoms in total. The first-order valence-corrected chi connectivity index (χ1v) is 6.33. The summed E-state index contributed by atoms with van der Waals surface area (Å²) in [7, 11) is 0. The largest absolute Gasteiger partial charge is 0.462 e. The molecule has 85 valence electrons. The van der Waals surface area contributed by atoms with Crippen LogP contribution in [0.25, 0.3) is 0 Å². The molecule has 2 heteroatoms. The molecule has 0 N–H and O–H groups in total. The van der Waals surface area contributed by atoms with Gasteiger partial charge in [-0.15, -0.1) is 0 Å². The molecule has 0 heterocycles. The number of hydrogen-bond donors (Lipinski definition) is 0. The van der Waals surface area contributed by atoms with Crippen LogP contribution in [-0.2, 0) is 9.53 Å². The Kier molecular flexibility index (Phi) is 3.66. The summed E-state index contributed by atoms with van der Waals surface area (Å²) in [6.07, 6.45) is 10.3. The lowest BCUT2D eigenvalue weighted by Gasteiger charge is -2.31. The Hall–Kier alpha value is -0.530. The fourth-order valence-electron chi connectivity index (χ4n) is 3.15. The minimum absolute atomic E-state index is 0.112. The predicted molar refractivity (Wildman–Crippen MR) is 59.2 cm³/mol. The molecule has 2 aliphatic carbocycles. The summed E-state index contributed by atoms with van der Waals surface area (Å²) >= 11 is 0. The lowest BCUT2D eigenvalue weighted by atomic mass is 9.80. The Morgan fingerprint density at radius 1 is 1.27 bits per heavy atom. The Balaban J connectivity index is 1.77. The third kappa shape index (κ3) is 2.73. The molecule has 3 unspecified atom stereocenters. The molecule has 0 spiro atoms. The molecule has 2 fully saturated rings. The summed E-state index contributed by atoms with van der Waals surface area (Å²) < 4.78 is 5.45. The summed E-state index contributed by atoms with van der Waals surface area (Å²) in [4.78, 5) is 11.3. The molecule has 0 aromatic carbocycles. The fraction of sp³-hybridized carbons (Fsp3) is 0.846. The summed E-state index contributed by atoms with van der Waals surface area (Å²) in [5.41, 5.74) is 0. The van der Waals surface area contributed by atoms with E-state index in [0.29, 0.717) is 0 Å². The van der Waals surface area contributed by atoms with E-state index in [1.165, 1.54) is 25.7 Å². The molecule has 15 heavy (non-hydrogen) atoms. The molecular formula is C13H21O2. The third-order valence-electron chi connectivity index (χ3n) is 3.90. The van der Waals surface area contributed by atoms with E-state index in [1.807, 2.05) is 6.92 Å². The van der Waals surface area contributed by atoms with Gasteiger partial charge in [0.1, 0.15) is 6.10 Å². The van der Waals surface area contributed by atoms with Gasteiger partial charge in [-0.3, -0.25) is 4.79 Å². The van der Waals surface area contributed by atoms with Gasteiger partial charge in [0.2, 0.25) is 0 Å². The number of esters is 1. The van der Waals surface area contributed by atoms with Crippen molar-refractivity contribution in [3.63, 3.8) is 0 Å². The SMILES string of the molecule is CC[CH]C(=O)OC1CCC2CCCC2C1. The lowest BCUT2D eigenvalue weighted by Crippen LogP contribution is -2.28. The topological polar surface area (TPSA) is 26.3 Å². The zero-order chi connectivity index (χ0) is 10.7. The maximum absolute atomic E-state index is 11.3. The first-order valence-electron chi connectivity index (χ1n) is 6.33. The maximum Gasteiger partial charge on any atom is 0.310 e. The van der Waals surface area contributed by atoms with Crippen molar-refractivity contribution < 1.29 is 9.53 Å². The second-order valence-electron chi connectivity index (χ2n) is 4.94. The van der Waals surface area contributed by atoms with Gasteiger partial charge in [0, 0.05) is 0 Å². The van der Waals surface area contributed by atoms with Crippen molar-refractivity contribution in [2.75, 3.05) is 0 Å². The zero-order valence-corrected chi connectivity index (χ0v) is 9.58. The number of rotatable bonds is 3. The van der Waals surface area contributed by atoms with E-state index in [2.05, 4.69) is 0 Å². The Morgan fingerprint density at radius 2 is 2.07 bits per heavy atom. The number of fused-ring (bicyclic) bond motifs is 1. The van der Waals surface area contributed by atoms with Crippen LogP contribution in [0.5, 0.6) is 0 Å². The van der Waals surface area contributed by atoms with E-state index >= 15 is 0 Å². The van der Waals surface area contributed by atoms with Crippen molar-refractivity contribution in [2.24, 2.45) is 11.8 Å². The van der Waals surface area contributed by atoms with E-state index in [4.69, 9.17) is 4.74 Å². The first kappa shape index (κ1) is 11.0. The van der Waals surface area contributed by atoms with Crippen LogP contribution in [0.2, 0.25) is 0 Å². The van der Waals surface area contributed by atoms with Gasteiger partial charge in [-0.25, -0.2) is 0 Å². The van der Waals surface area contributed by atoms with Crippen LogP contribution < -0.4 is 0 Å². The van der Waals surface area contributed by atoms with E-state index in [1.54, 1.807) is 6.42 Å². The maximum atomic E-state index is 11.3. The number of ether oxygens (including phenoxy) is 1. The van der Waals surface area contributed by atoms with Crippen molar-refractivity contribution in [2.45, 2.75) is 58.0 Å². The van der Waals surface area contributed by atoms with Gasteiger partial charge in [-0.2, -0.15) is 0 Å². The minimum Gasteiger partial charge on any atom is -0.462 e. The Bertz CT molecular complexity index is 225. The van der Waals surface area contributed by atoms with Gasteiger partial charge in [-0.1, -0.05) is 26.2 Å². The highest BCUT2D eigenvalue weighted by Gasteiger charge is 2.34. The molecular weight excluding hydrogens is 188 g/mol. The predicted octanol–water partition coefficient (Wildman–Crippen LogP) is 3.11. The molecule has 2 aliphatic rings. The van der Waals surface area contributed by atoms with E-state index < -0.39 is 0 Å². The van der Waals surface area contributed by atoms with Gasteiger partial charge in [-0.05, 0) is 37.5 Å². The Labute approximate surface area is 92.4 Å². The molecule has 3 atom stereocenters. The smallest absolute Gasteiger partial charge is 0.310 e. The second kappa shape index (κ2) is 5.00. The number of hydrogen-bond acceptors (Lipinski definition) is 2. The number of carbonyl (C=O) groups excluding carboxylic acids is 1. The molecule has 0 amide bonds. The van der Waals surface area contributed by atoms with Gasteiger partial charge in [0.25, 0.3) is 0 Å². The van der Waals surface area contributed by atoms with Gasteiger partial charge < -0.3 is 4.74 Å². The van der Waals surface area contributed by atoms with Crippen molar-refractivity contribution >= 4 is 5.97 Å². The fourth-order valence-corrected chi connectivity index (χ4v) is 3.15. The van der Waals surface area contributed by atoms with Gasteiger partial charge in [0.05, 0.1) is 6.42 Å². The summed E-state index contributed by atoms with van der Waals surface area (Å²) in [6.45, 7) is 1.97. The zero-order valence-electron chi connectivity index (χ0n) is 9.58. The summed E-state index contributed by atoms with van der Waals surface area (Å²) in [5.74, 6) is 1.67. The van der Waals surface area contributed by atoms with Crippen molar-refractivity contribution in [1.29, 1.82) is 0 Å². The quantitative estimate of drug-likeness (QED) is 0.668. The molecule has 0 bridgehead atoms. The second-order valence-corrected chi connectivity index (χ2v) is 4.94. The van der Waals surface area contributed by atoms with Crippen molar-refractivity contribution in [3.8, 4) is 0 Å². The van der Waals surface area contributed by atoms with E-state index in [9.17, 15) is 4.79 Å². The highest BCUT2D eigenvalue weighted by Crippen LogP contribution is 2.42. The van der Waals surface area contributed by atoms with Crippen molar-refractivity contribution in [1.82, 2.24) is 0 Å². The van der Waals surface area contributed by atoms with Crippen LogP contribution in [0.15, 0.2) is 0 Å². The Morgan fingerprint density at radius 3 is 2.87 bits per heavy atom. The number of carbonyl (C=O) groups is 1. The normalized spacial score (nSPS) is 34.9. The molecule has 2 rings (SSSR count). The monoisotopic (exact) mass is 209 g/mol. The highest BCUT2D eigenvalue weighted by molar-refractivity contribution is 5.78. The highest BCUT2D eigenvalue weighted by atomic mass is 16.5. The molecule has 0 saturated heterocycles. The van der Waals surface area contributed by atoms with Crippen LogP contribution in [0.1, 0.15) is 51.9 Å². The van der Waals surface area contributed by atoms with Gasteiger partial charge >= 0.3 is 5.97 Å². The standard InChI is InChI=1S/C13H21O2/c1-2-4-13(14)15-12-8-7-10-5-3-6-11(10)9-12/h4,10-12H,2-3,5-9H2,1H3. The average molecular weight is 209 g/mol. The van der Waals surface area contributed by atoms with Crippen LogP contribution >= 0.6 is 0 Å². The third-order valence-corrected chi connectivity index (χ3v) is 3.90. The van der Waals surface area contributed by atoms with Crippen molar-refractivity contribution in [3.05, 3.63) is 6.42 Å².